The molecule has 0 fully saturated rings. The third-order valence-electron chi connectivity index (χ3n) is 4.46. The number of aromatic nitrogens is 3. The summed E-state index contributed by atoms with van der Waals surface area (Å²) >= 11 is 7.45. The Kier molecular flexibility index (Phi) is 7.00. The van der Waals surface area contributed by atoms with Gasteiger partial charge < -0.3 is 4.57 Å². The molecule has 3 rings (SSSR count). The van der Waals surface area contributed by atoms with Crippen LogP contribution in [0.4, 0.5) is 0 Å². The molecule has 0 spiro atoms. The van der Waals surface area contributed by atoms with Crippen molar-refractivity contribution in [3.63, 3.8) is 0 Å². The third-order valence-corrected chi connectivity index (χ3v) is 7.40. The van der Waals surface area contributed by atoms with Crippen LogP contribution < -0.4 is 4.72 Å². The first-order valence-corrected chi connectivity index (χ1v) is 12.0. The molecule has 0 radical (unpaired) electrons. The van der Waals surface area contributed by atoms with Crippen LogP contribution in [-0.2, 0) is 16.6 Å². The average Bonchev–Trinajstić information content (AvgIpc) is 3.11. The van der Waals surface area contributed by atoms with Crippen molar-refractivity contribution in [1.29, 1.82) is 0 Å². The fourth-order valence-corrected chi connectivity index (χ4v) is 5.30. The number of sulfonamides is 1. The number of nitrogens with one attached hydrogen (secondary N) is 1. The van der Waals surface area contributed by atoms with Crippen molar-refractivity contribution >= 4 is 33.4 Å². The molecule has 1 unspecified atom stereocenters. The molecule has 3 aromatic rings. The van der Waals surface area contributed by atoms with Gasteiger partial charge in [-0.05, 0) is 50.6 Å². The summed E-state index contributed by atoms with van der Waals surface area (Å²) in [7, 11) is -3.70. The van der Waals surface area contributed by atoms with Gasteiger partial charge >= 0.3 is 0 Å². The predicted molar refractivity (Wildman–Crippen MR) is 117 cm³/mol. The number of halogens is 1. The zero-order valence-electron chi connectivity index (χ0n) is 16.4. The monoisotopic (exact) mass is 450 g/mol. The average molecular weight is 451 g/mol. The Labute approximate surface area is 180 Å². The van der Waals surface area contributed by atoms with Crippen LogP contribution in [0.3, 0.4) is 0 Å². The van der Waals surface area contributed by atoms with Crippen LogP contribution in [0.2, 0.25) is 5.02 Å². The van der Waals surface area contributed by atoms with Crippen molar-refractivity contribution in [2.45, 2.75) is 48.7 Å². The maximum Gasteiger partial charge on any atom is 0.241 e. The van der Waals surface area contributed by atoms with Gasteiger partial charge in [-0.25, -0.2) is 13.1 Å². The van der Waals surface area contributed by atoms with E-state index in [0.717, 1.165) is 5.16 Å². The molecular weight excluding hydrogens is 428 g/mol. The number of hydrogen-bond acceptors (Lipinski definition) is 5. The fraction of sp³-hybridized carbons (Fsp3) is 0.300. The van der Waals surface area contributed by atoms with Gasteiger partial charge in [0, 0.05) is 16.8 Å². The summed E-state index contributed by atoms with van der Waals surface area (Å²) in [5.74, 6) is 0.577. The number of rotatable bonds is 8. The van der Waals surface area contributed by atoms with Crippen LogP contribution >= 0.6 is 23.4 Å². The van der Waals surface area contributed by atoms with E-state index in [1.165, 1.54) is 17.7 Å². The lowest BCUT2D eigenvalue weighted by Crippen LogP contribution is -2.29. The van der Waals surface area contributed by atoms with Crippen molar-refractivity contribution in [2.24, 2.45) is 0 Å². The number of nitrogens with zero attached hydrogens (tertiary/aromatic N) is 3. The highest BCUT2D eigenvalue weighted by Gasteiger charge is 2.24. The Morgan fingerprint density at radius 2 is 1.72 bits per heavy atom. The third kappa shape index (κ3) is 5.19. The minimum atomic E-state index is -3.70. The molecule has 1 aromatic heterocycles. The van der Waals surface area contributed by atoms with Crippen molar-refractivity contribution in [1.82, 2.24) is 19.5 Å². The summed E-state index contributed by atoms with van der Waals surface area (Å²) in [4.78, 5) is 0.156. The largest absolute Gasteiger partial charge is 0.305 e. The number of thioether (sulfide) groups is 1. The molecule has 0 saturated heterocycles. The molecule has 1 heterocycles. The van der Waals surface area contributed by atoms with Gasteiger partial charge in [0.05, 0.1) is 10.9 Å². The minimum Gasteiger partial charge on any atom is -0.305 e. The second-order valence-electron chi connectivity index (χ2n) is 6.55. The lowest BCUT2D eigenvalue weighted by Gasteiger charge is -2.16. The van der Waals surface area contributed by atoms with E-state index in [-0.39, 0.29) is 10.1 Å². The summed E-state index contributed by atoms with van der Waals surface area (Å²) in [6, 6.07) is 15.7. The topological polar surface area (TPSA) is 76.9 Å². The molecule has 0 bridgehead atoms. The first-order valence-electron chi connectivity index (χ1n) is 9.24. The predicted octanol–water partition coefficient (Wildman–Crippen LogP) is 4.84. The SMILES string of the molecule is CCn1c(SC(C)c2ccccc2)nnc1[C@@H](C)NS(=O)(=O)c1ccc(Cl)cc1. The van der Waals surface area contributed by atoms with Crippen molar-refractivity contribution in [3.8, 4) is 0 Å². The second-order valence-corrected chi connectivity index (χ2v) is 10.0. The van der Waals surface area contributed by atoms with Gasteiger partial charge in [0.25, 0.3) is 0 Å². The van der Waals surface area contributed by atoms with Crippen LogP contribution in [0.1, 0.15) is 43.5 Å². The first kappa shape index (κ1) is 21.8. The maximum atomic E-state index is 12.7. The van der Waals surface area contributed by atoms with E-state index >= 15 is 0 Å². The molecule has 29 heavy (non-hydrogen) atoms. The van der Waals surface area contributed by atoms with E-state index in [4.69, 9.17) is 11.6 Å². The fourth-order valence-electron chi connectivity index (χ4n) is 2.92. The van der Waals surface area contributed by atoms with Gasteiger partial charge in [-0.3, -0.25) is 0 Å². The smallest absolute Gasteiger partial charge is 0.241 e. The van der Waals surface area contributed by atoms with Crippen LogP contribution in [0, 0.1) is 0 Å². The standard InChI is InChI=1S/C20H23ClN4O2S2/c1-4-25-19(14(2)24-29(26,27)18-12-10-17(21)11-13-18)22-23-20(25)28-15(3)16-8-6-5-7-9-16/h5-15,24H,4H2,1-3H3/t14-,15?/m1/s1. The molecule has 0 amide bonds. The van der Waals surface area contributed by atoms with E-state index < -0.39 is 16.1 Å². The Balaban J connectivity index is 1.79. The van der Waals surface area contributed by atoms with Crippen LogP contribution in [0.15, 0.2) is 64.6 Å². The summed E-state index contributed by atoms with van der Waals surface area (Å²) < 4.78 is 30.0. The van der Waals surface area contributed by atoms with E-state index in [1.54, 1.807) is 30.8 Å². The highest BCUT2D eigenvalue weighted by atomic mass is 35.5. The maximum absolute atomic E-state index is 12.7. The van der Waals surface area contributed by atoms with E-state index in [1.807, 2.05) is 29.7 Å². The minimum absolute atomic E-state index is 0.156. The van der Waals surface area contributed by atoms with Crippen LogP contribution in [0.5, 0.6) is 0 Å². The molecule has 1 N–H and O–H groups in total. The Morgan fingerprint density at radius 3 is 2.34 bits per heavy atom. The molecule has 9 heteroatoms. The van der Waals surface area contributed by atoms with Crippen molar-refractivity contribution in [3.05, 3.63) is 71.0 Å². The van der Waals surface area contributed by atoms with Crippen LogP contribution in [0.25, 0.3) is 0 Å². The van der Waals surface area contributed by atoms with Crippen LogP contribution in [-0.4, -0.2) is 23.2 Å². The van der Waals surface area contributed by atoms with Gasteiger partial charge in [-0.15, -0.1) is 10.2 Å². The molecule has 6 nitrogen and oxygen atoms in total. The van der Waals surface area contributed by atoms with Gasteiger partial charge in [0.1, 0.15) is 0 Å². The molecule has 154 valence electrons. The van der Waals surface area contributed by atoms with Crippen molar-refractivity contribution in [2.75, 3.05) is 0 Å². The van der Waals surface area contributed by atoms with Gasteiger partial charge in [-0.2, -0.15) is 0 Å². The van der Waals surface area contributed by atoms with Gasteiger partial charge in [0.15, 0.2) is 11.0 Å². The van der Waals surface area contributed by atoms with E-state index in [2.05, 4.69) is 34.0 Å². The quantitative estimate of drug-likeness (QED) is 0.496. The number of benzene rings is 2. The Bertz CT molecular complexity index is 1050. The highest BCUT2D eigenvalue weighted by Crippen LogP contribution is 2.34. The molecule has 0 aliphatic heterocycles. The Morgan fingerprint density at radius 1 is 1.07 bits per heavy atom. The zero-order valence-corrected chi connectivity index (χ0v) is 18.8. The van der Waals surface area contributed by atoms with E-state index in [0.29, 0.717) is 17.4 Å². The normalized spacial score (nSPS) is 13.9. The summed E-state index contributed by atoms with van der Waals surface area (Å²) in [6.07, 6.45) is 0. The summed E-state index contributed by atoms with van der Waals surface area (Å²) in [5, 5.41) is 10.0. The molecule has 0 saturated carbocycles. The highest BCUT2D eigenvalue weighted by molar-refractivity contribution is 7.99. The first-order chi connectivity index (χ1) is 13.8. The second kappa shape index (κ2) is 9.30. The number of hydrogen-bond donors (Lipinski definition) is 1. The summed E-state index contributed by atoms with van der Waals surface area (Å²) in [6.45, 7) is 6.50. The molecule has 0 aliphatic rings. The molecule has 0 aliphatic carbocycles. The van der Waals surface area contributed by atoms with Crippen molar-refractivity contribution < 1.29 is 8.42 Å². The molecule has 2 atom stereocenters. The van der Waals surface area contributed by atoms with Gasteiger partial charge in [-0.1, -0.05) is 53.7 Å². The lowest BCUT2D eigenvalue weighted by atomic mass is 10.2. The molecular formula is C20H23ClN4O2S2. The lowest BCUT2D eigenvalue weighted by molar-refractivity contribution is 0.539. The zero-order chi connectivity index (χ0) is 21.0. The molecule has 2 aromatic carbocycles. The van der Waals surface area contributed by atoms with Gasteiger partial charge in [0.2, 0.25) is 10.0 Å². The summed E-state index contributed by atoms with van der Waals surface area (Å²) in [5.41, 5.74) is 1.20. The van der Waals surface area contributed by atoms with E-state index in [9.17, 15) is 8.42 Å². The Hall–Kier alpha value is -1.87.